The molecule has 4 nitrogen and oxygen atoms in total. The van der Waals surface area contributed by atoms with Gasteiger partial charge in [0.05, 0.1) is 23.9 Å². The number of anilines is 6. The second-order valence-corrected chi connectivity index (χ2v) is 16.4. The monoisotopic (exact) mass is 778 g/mol. The summed E-state index contributed by atoms with van der Waals surface area (Å²) in [5.74, 6) is 0. The Morgan fingerprint density at radius 1 is 0.459 bits per heavy atom. The third kappa shape index (κ3) is 5.89. The van der Waals surface area contributed by atoms with Crippen LogP contribution in [0.1, 0.15) is 30.5 Å². The van der Waals surface area contributed by atoms with Crippen molar-refractivity contribution in [1.29, 1.82) is 5.26 Å². The standard InChI is InChI=1S/C57H38N4/c1-57(2)53-34-43-32-48(60(45-23-16-37(36-58)17-24-45)47-25-18-38-10-4-6-12-40(38)30-47)27-20-42(43)33-52(53)56-51-15-9-8-14-50(51)55(35-54(56)57)61(46-28-21-44(59-3)22-29-46)49-26-19-39-11-5-7-13-41(39)31-49/h4-35H,1-2H3. The van der Waals surface area contributed by atoms with Gasteiger partial charge in [0.2, 0.25) is 0 Å². The first-order chi connectivity index (χ1) is 29.9. The van der Waals surface area contributed by atoms with Crippen molar-refractivity contribution in [2.75, 3.05) is 9.80 Å². The molecule has 0 atom stereocenters. The van der Waals surface area contributed by atoms with E-state index >= 15 is 0 Å². The normalized spacial score (nSPS) is 12.5. The summed E-state index contributed by atoms with van der Waals surface area (Å²) >= 11 is 0. The second-order valence-electron chi connectivity index (χ2n) is 16.4. The van der Waals surface area contributed by atoms with Gasteiger partial charge < -0.3 is 9.80 Å². The summed E-state index contributed by atoms with van der Waals surface area (Å²) in [7, 11) is 0. The van der Waals surface area contributed by atoms with Gasteiger partial charge in [-0.2, -0.15) is 5.26 Å². The Morgan fingerprint density at radius 3 is 1.57 bits per heavy atom. The van der Waals surface area contributed by atoms with Gasteiger partial charge in [0.15, 0.2) is 5.69 Å². The average Bonchev–Trinajstić information content (AvgIpc) is 3.53. The average molecular weight is 779 g/mol. The van der Waals surface area contributed by atoms with Crippen LogP contribution >= 0.6 is 0 Å². The number of hydrogen-bond donors (Lipinski definition) is 0. The first-order valence-electron chi connectivity index (χ1n) is 20.6. The maximum atomic E-state index is 9.60. The van der Waals surface area contributed by atoms with Gasteiger partial charge in [0.25, 0.3) is 0 Å². The molecule has 0 aliphatic heterocycles. The summed E-state index contributed by atoms with van der Waals surface area (Å²) in [4.78, 5) is 8.34. The van der Waals surface area contributed by atoms with Gasteiger partial charge in [-0.05, 0) is 151 Å². The zero-order valence-electron chi connectivity index (χ0n) is 33.8. The van der Waals surface area contributed by atoms with E-state index in [2.05, 4.69) is 192 Å². The van der Waals surface area contributed by atoms with Crippen LogP contribution in [-0.4, -0.2) is 0 Å². The van der Waals surface area contributed by atoms with Crippen molar-refractivity contribution in [2.45, 2.75) is 19.3 Å². The van der Waals surface area contributed by atoms with E-state index in [9.17, 15) is 5.26 Å². The molecular formula is C57H38N4. The van der Waals surface area contributed by atoms with Crippen LogP contribution in [0.3, 0.4) is 0 Å². The highest BCUT2D eigenvalue weighted by atomic mass is 15.1. The van der Waals surface area contributed by atoms with Crippen LogP contribution in [0.25, 0.3) is 59.1 Å². The van der Waals surface area contributed by atoms with Crippen molar-refractivity contribution in [3.63, 3.8) is 0 Å². The van der Waals surface area contributed by atoms with Gasteiger partial charge in [-0.1, -0.05) is 117 Å². The number of fused-ring (bicyclic) bond motifs is 8. The summed E-state index contributed by atoms with van der Waals surface area (Å²) in [5, 5.41) is 19.0. The van der Waals surface area contributed by atoms with E-state index < -0.39 is 0 Å². The molecule has 286 valence electrons. The minimum Gasteiger partial charge on any atom is -0.310 e. The van der Waals surface area contributed by atoms with E-state index in [-0.39, 0.29) is 5.41 Å². The SMILES string of the molecule is [C-]#[N+]c1ccc(N(c2ccc3ccccc3c2)c2cc3c(c4ccccc24)-c2cc4ccc(N(c5ccc(C#N)cc5)c5ccc6ccccc6c5)cc4cc2C3(C)C)cc1. The molecule has 0 aromatic heterocycles. The van der Waals surface area contributed by atoms with E-state index in [0.29, 0.717) is 11.3 Å². The molecule has 0 fully saturated rings. The van der Waals surface area contributed by atoms with Gasteiger partial charge in [-0.25, -0.2) is 4.85 Å². The predicted molar refractivity (Wildman–Crippen MR) is 254 cm³/mol. The van der Waals surface area contributed by atoms with Crippen molar-refractivity contribution in [2.24, 2.45) is 0 Å². The Morgan fingerprint density at radius 2 is 0.951 bits per heavy atom. The Bertz CT molecular complexity index is 3480. The molecule has 10 aromatic carbocycles. The van der Waals surface area contributed by atoms with Crippen molar-refractivity contribution in [3.05, 3.63) is 222 Å². The lowest BCUT2D eigenvalue weighted by molar-refractivity contribution is 0.661. The molecule has 4 heteroatoms. The van der Waals surface area contributed by atoms with E-state index in [4.69, 9.17) is 6.57 Å². The molecular weight excluding hydrogens is 741 g/mol. The number of rotatable bonds is 6. The summed E-state index contributed by atoms with van der Waals surface area (Å²) in [6.45, 7) is 12.4. The van der Waals surface area contributed by atoms with E-state index in [1.807, 2.05) is 36.4 Å². The van der Waals surface area contributed by atoms with Crippen molar-refractivity contribution in [3.8, 4) is 17.2 Å². The summed E-state index contributed by atoms with van der Waals surface area (Å²) in [6.07, 6.45) is 0. The van der Waals surface area contributed by atoms with Crippen LogP contribution in [0.2, 0.25) is 0 Å². The number of hydrogen-bond acceptors (Lipinski definition) is 3. The molecule has 0 amide bonds. The fourth-order valence-electron chi connectivity index (χ4n) is 9.48. The third-order valence-electron chi connectivity index (χ3n) is 12.6. The fraction of sp³-hybridized carbons (Fsp3) is 0.0526. The topological polar surface area (TPSA) is 34.6 Å². The van der Waals surface area contributed by atoms with Crippen molar-refractivity contribution >= 4 is 82.9 Å². The first kappa shape index (κ1) is 35.9. The molecule has 10 aromatic rings. The molecule has 1 aliphatic carbocycles. The second kappa shape index (κ2) is 14.0. The van der Waals surface area contributed by atoms with Crippen LogP contribution in [0.4, 0.5) is 39.8 Å². The van der Waals surface area contributed by atoms with Gasteiger partial charge in [0, 0.05) is 39.2 Å². The van der Waals surface area contributed by atoms with Crippen LogP contribution in [-0.2, 0) is 5.41 Å². The largest absolute Gasteiger partial charge is 0.310 e. The Labute approximate surface area is 355 Å². The van der Waals surface area contributed by atoms with Crippen LogP contribution in [0.5, 0.6) is 0 Å². The first-order valence-corrected chi connectivity index (χ1v) is 20.6. The smallest absolute Gasteiger partial charge is 0.187 e. The third-order valence-corrected chi connectivity index (χ3v) is 12.6. The molecule has 1 aliphatic rings. The summed E-state index contributed by atoms with van der Waals surface area (Å²) in [6, 6.07) is 71.0. The quantitative estimate of drug-likeness (QED) is 0.158. The molecule has 0 unspecified atom stereocenters. The molecule has 11 rings (SSSR count). The molecule has 61 heavy (non-hydrogen) atoms. The van der Waals surface area contributed by atoms with Gasteiger partial charge in [0.1, 0.15) is 0 Å². The zero-order valence-corrected chi connectivity index (χ0v) is 33.8. The summed E-state index contributed by atoms with van der Waals surface area (Å²) in [5.41, 5.74) is 12.3. The zero-order chi connectivity index (χ0) is 41.2. The van der Waals surface area contributed by atoms with Gasteiger partial charge in [-0.15, -0.1) is 0 Å². The maximum absolute atomic E-state index is 9.60. The van der Waals surface area contributed by atoms with Crippen LogP contribution in [0, 0.1) is 17.9 Å². The maximum Gasteiger partial charge on any atom is 0.187 e. The lowest BCUT2D eigenvalue weighted by atomic mass is 9.81. The number of benzene rings is 10. The molecule has 0 spiro atoms. The highest BCUT2D eigenvalue weighted by Gasteiger charge is 2.38. The predicted octanol–water partition coefficient (Wildman–Crippen LogP) is 16.0. The lowest BCUT2D eigenvalue weighted by Crippen LogP contribution is -2.17. The fourth-order valence-corrected chi connectivity index (χ4v) is 9.48. The minimum absolute atomic E-state index is 0.318. The van der Waals surface area contributed by atoms with Crippen molar-refractivity contribution < 1.29 is 0 Å². The van der Waals surface area contributed by atoms with E-state index in [0.717, 1.165) is 39.5 Å². The molecule has 0 saturated heterocycles. The number of nitrogens with zero attached hydrogens (tertiary/aromatic N) is 4. The molecule has 0 saturated carbocycles. The Balaban J connectivity index is 1.09. The Kier molecular flexibility index (Phi) is 8.24. The van der Waals surface area contributed by atoms with Crippen LogP contribution in [0.15, 0.2) is 194 Å². The lowest BCUT2D eigenvalue weighted by Gasteiger charge is -2.30. The minimum atomic E-state index is -0.318. The highest BCUT2D eigenvalue weighted by molar-refractivity contribution is 6.11. The van der Waals surface area contributed by atoms with Crippen molar-refractivity contribution in [1.82, 2.24) is 0 Å². The molecule has 0 N–H and O–H groups in total. The Hall–Kier alpha value is -8.18. The molecule has 0 radical (unpaired) electrons. The molecule has 0 bridgehead atoms. The van der Waals surface area contributed by atoms with E-state index in [1.165, 1.54) is 60.0 Å². The van der Waals surface area contributed by atoms with Gasteiger partial charge >= 0.3 is 0 Å². The molecule has 0 heterocycles. The van der Waals surface area contributed by atoms with E-state index in [1.54, 1.807) is 0 Å². The number of nitriles is 1. The highest BCUT2D eigenvalue weighted by Crippen LogP contribution is 2.55. The summed E-state index contributed by atoms with van der Waals surface area (Å²) < 4.78 is 0. The van der Waals surface area contributed by atoms with Crippen LogP contribution < -0.4 is 9.80 Å². The van der Waals surface area contributed by atoms with Gasteiger partial charge in [-0.3, -0.25) is 0 Å².